The molecule has 1 N–H and O–H groups in total. The van der Waals surface area contributed by atoms with Crippen molar-refractivity contribution in [1.82, 2.24) is 4.90 Å². The molecule has 2 rings (SSSR count). The highest BCUT2D eigenvalue weighted by Gasteiger charge is 2.09. The van der Waals surface area contributed by atoms with Crippen LogP contribution in [-0.4, -0.2) is 31.3 Å². The lowest BCUT2D eigenvalue weighted by Gasteiger charge is -2.17. The predicted molar refractivity (Wildman–Crippen MR) is 101 cm³/mol. The lowest BCUT2D eigenvalue weighted by molar-refractivity contribution is 0.381. The van der Waals surface area contributed by atoms with E-state index in [1.165, 1.54) is 5.56 Å². The zero-order valence-electron chi connectivity index (χ0n) is 14.1. The molecule has 0 amide bonds. The molecule has 3 heteroatoms. The van der Waals surface area contributed by atoms with Crippen LogP contribution in [0.15, 0.2) is 71.8 Å². The third kappa shape index (κ3) is 6.09. The molecule has 0 aliphatic carbocycles. The van der Waals surface area contributed by atoms with Crippen LogP contribution in [0.4, 0.5) is 5.69 Å². The molecule has 23 heavy (non-hydrogen) atoms. The minimum Gasteiger partial charge on any atom is -0.309 e. The molecule has 0 aliphatic rings. The standard InChI is InChI=1S/C20H25N3/c1-17(16-23(2)3)20(15-14-18-10-6-4-7-11-18)22-21-19-12-8-5-9-13-19/h4-15,17,21H,16H2,1-3H3/b15-14+,22-20+. The summed E-state index contributed by atoms with van der Waals surface area (Å²) in [6, 6.07) is 20.3. The number of anilines is 1. The van der Waals surface area contributed by atoms with Crippen LogP contribution < -0.4 is 5.43 Å². The molecule has 0 spiro atoms. The van der Waals surface area contributed by atoms with Gasteiger partial charge in [-0.05, 0) is 37.9 Å². The number of hydrogen-bond donors (Lipinski definition) is 1. The van der Waals surface area contributed by atoms with Crippen LogP contribution in [0.25, 0.3) is 6.08 Å². The van der Waals surface area contributed by atoms with Gasteiger partial charge < -0.3 is 4.90 Å². The fourth-order valence-electron chi connectivity index (χ4n) is 2.34. The molecule has 0 heterocycles. The van der Waals surface area contributed by atoms with Gasteiger partial charge in [0, 0.05) is 12.5 Å². The second kappa shape index (κ2) is 8.91. The Morgan fingerprint density at radius 1 is 1.04 bits per heavy atom. The fourth-order valence-corrected chi connectivity index (χ4v) is 2.34. The van der Waals surface area contributed by atoms with E-state index in [0.29, 0.717) is 5.92 Å². The van der Waals surface area contributed by atoms with Gasteiger partial charge in [-0.3, -0.25) is 5.43 Å². The topological polar surface area (TPSA) is 27.6 Å². The van der Waals surface area contributed by atoms with Gasteiger partial charge >= 0.3 is 0 Å². The minimum absolute atomic E-state index is 0.334. The minimum atomic E-state index is 0.334. The first-order valence-corrected chi connectivity index (χ1v) is 7.91. The smallest absolute Gasteiger partial charge is 0.0648 e. The predicted octanol–water partition coefficient (Wildman–Crippen LogP) is 4.37. The van der Waals surface area contributed by atoms with Crippen molar-refractivity contribution >= 4 is 17.5 Å². The first-order chi connectivity index (χ1) is 11.1. The summed E-state index contributed by atoms with van der Waals surface area (Å²) in [6.07, 6.45) is 4.21. The Morgan fingerprint density at radius 2 is 1.65 bits per heavy atom. The summed E-state index contributed by atoms with van der Waals surface area (Å²) in [5, 5.41) is 4.62. The highest BCUT2D eigenvalue weighted by Crippen LogP contribution is 2.09. The van der Waals surface area contributed by atoms with E-state index < -0.39 is 0 Å². The molecule has 0 bridgehead atoms. The van der Waals surface area contributed by atoms with Gasteiger partial charge in [0.05, 0.1) is 11.4 Å². The van der Waals surface area contributed by atoms with Crippen molar-refractivity contribution in [2.75, 3.05) is 26.1 Å². The van der Waals surface area contributed by atoms with Crippen molar-refractivity contribution in [3.63, 3.8) is 0 Å². The molecule has 0 saturated heterocycles. The maximum absolute atomic E-state index is 4.62. The van der Waals surface area contributed by atoms with E-state index in [-0.39, 0.29) is 0 Å². The molecule has 3 nitrogen and oxygen atoms in total. The maximum atomic E-state index is 4.62. The number of nitrogens with zero attached hydrogens (tertiary/aromatic N) is 2. The van der Waals surface area contributed by atoms with Gasteiger partial charge in [-0.2, -0.15) is 5.10 Å². The van der Waals surface area contributed by atoms with E-state index in [9.17, 15) is 0 Å². The van der Waals surface area contributed by atoms with Gasteiger partial charge in [-0.1, -0.05) is 61.5 Å². The van der Waals surface area contributed by atoms with E-state index in [0.717, 1.165) is 17.9 Å². The third-order valence-corrected chi connectivity index (χ3v) is 3.48. The number of hydrazone groups is 1. The Morgan fingerprint density at radius 3 is 2.26 bits per heavy atom. The SMILES string of the molecule is CC(CN(C)C)C(/C=C/c1ccccc1)=N/Nc1ccccc1. The molecule has 0 fully saturated rings. The van der Waals surface area contributed by atoms with Crippen LogP contribution in [-0.2, 0) is 0 Å². The van der Waals surface area contributed by atoms with Crippen molar-refractivity contribution in [2.24, 2.45) is 11.0 Å². The van der Waals surface area contributed by atoms with Crippen LogP contribution in [0.5, 0.6) is 0 Å². The number of hydrogen-bond acceptors (Lipinski definition) is 3. The molecule has 0 saturated carbocycles. The first-order valence-electron chi connectivity index (χ1n) is 7.91. The average molecular weight is 307 g/mol. The molecule has 0 aromatic heterocycles. The summed E-state index contributed by atoms with van der Waals surface area (Å²) in [5.74, 6) is 0.334. The second-order valence-corrected chi connectivity index (χ2v) is 5.92. The number of nitrogens with one attached hydrogen (secondary N) is 1. The monoisotopic (exact) mass is 307 g/mol. The quantitative estimate of drug-likeness (QED) is 0.608. The van der Waals surface area contributed by atoms with E-state index >= 15 is 0 Å². The van der Waals surface area contributed by atoms with E-state index in [1.54, 1.807) is 0 Å². The van der Waals surface area contributed by atoms with Crippen LogP contribution in [0.3, 0.4) is 0 Å². The fraction of sp³-hybridized carbons (Fsp3) is 0.250. The van der Waals surface area contributed by atoms with Gasteiger partial charge in [0.1, 0.15) is 0 Å². The van der Waals surface area contributed by atoms with Gasteiger partial charge in [-0.15, -0.1) is 0 Å². The van der Waals surface area contributed by atoms with E-state index in [4.69, 9.17) is 0 Å². The van der Waals surface area contributed by atoms with Gasteiger partial charge in [-0.25, -0.2) is 0 Å². The lowest BCUT2D eigenvalue weighted by Crippen LogP contribution is -2.25. The van der Waals surface area contributed by atoms with Gasteiger partial charge in [0.15, 0.2) is 0 Å². The third-order valence-electron chi connectivity index (χ3n) is 3.48. The molecule has 1 unspecified atom stereocenters. The van der Waals surface area contributed by atoms with Crippen LogP contribution in [0.1, 0.15) is 12.5 Å². The van der Waals surface area contributed by atoms with Crippen molar-refractivity contribution < 1.29 is 0 Å². The Bertz CT molecular complexity index is 630. The van der Waals surface area contributed by atoms with Crippen LogP contribution in [0.2, 0.25) is 0 Å². The first kappa shape index (κ1) is 17.0. The molecular formula is C20H25N3. The Kier molecular flexibility index (Phi) is 6.57. The summed E-state index contributed by atoms with van der Waals surface area (Å²) in [7, 11) is 4.17. The summed E-state index contributed by atoms with van der Waals surface area (Å²) >= 11 is 0. The van der Waals surface area contributed by atoms with Crippen LogP contribution >= 0.6 is 0 Å². The Hall–Kier alpha value is -2.39. The van der Waals surface area contributed by atoms with Crippen molar-refractivity contribution in [3.05, 3.63) is 72.3 Å². The lowest BCUT2D eigenvalue weighted by atomic mass is 10.0. The number of rotatable bonds is 7. The number of benzene rings is 2. The van der Waals surface area contributed by atoms with E-state index in [1.807, 2.05) is 48.5 Å². The molecular weight excluding hydrogens is 282 g/mol. The van der Waals surface area contributed by atoms with Crippen molar-refractivity contribution in [3.8, 4) is 0 Å². The maximum Gasteiger partial charge on any atom is 0.0648 e. The number of allylic oxidation sites excluding steroid dienone is 1. The zero-order valence-corrected chi connectivity index (χ0v) is 14.1. The average Bonchev–Trinajstić information content (AvgIpc) is 2.56. The zero-order chi connectivity index (χ0) is 16.5. The number of para-hydroxylation sites is 1. The largest absolute Gasteiger partial charge is 0.309 e. The summed E-state index contributed by atoms with van der Waals surface area (Å²) in [6.45, 7) is 3.15. The summed E-state index contributed by atoms with van der Waals surface area (Å²) in [4.78, 5) is 2.18. The molecule has 2 aromatic rings. The normalized spacial score (nSPS) is 13.5. The Balaban J connectivity index is 2.15. The second-order valence-electron chi connectivity index (χ2n) is 5.92. The van der Waals surface area contributed by atoms with Crippen LogP contribution in [0, 0.1) is 5.92 Å². The molecule has 1 atom stereocenters. The molecule has 2 aromatic carbocycles. The van der Waals surface area contributed by atoms with Gasteiger partial charge in [0.25, 0.3) is 0 Å². The van der Waals surface area contributed by atoms with Crippen molar-refractivity contribution in [2.45, 2.75) is 6.92 Å². The molecule has 0 radical (unpaired) electrons. The van der Waals surface area contributed by atoms with Crippen molar-refractivity contribution in [1.29, 1.82) is 0 Å². The molecule has 120 valence electrons. The van der Waals surface area contributed by atoms with Gasteiger partial charge in [0.2, 0.25) is 0 Å². The highest BCUT2D eigenvalue weighted by atomic mass is 15.3. The highest BCUT2D eigenvalue weighted by molar-refractivity contribution is 6.00. The Labute approximate surface area is 139 Å². The molecule has 0 aliphatic heterocycles. The summed E-state index contributed by atoms with van der Waals surface area (Å²) in [5.41, 5.74) is 6.36. The van der Waals surface area contributed by atoms with E-state index in [2.05, 4.69) is 60.7 Å². The summed E-state index contributed by atoms with van der Waals surface area (Å²) < 4.78 is 0.